The molecule has 0 bridgehead atoms. The minimum Gasteiger partial charge on any atom is -0.489 e. The lowest BCUT2D eigenvalue weighted by Crippen LogP contribution is -2.16. The van der Waals surface area contributed by atoms with Crippen molar-refractivity contribution in [3.8, 4) is 11.5 Å². The number of alkyl halides is 3. The van der Waals surface area contributed by atoms with Crippen LogP contribution >= 0.6 is 23.2 Å². The van der Waals surface area contributed by atoms with Gasteiger partial charge in [-0.15, -0.1) is 13.2 Å². The van der Waals surface area contributed by atoms with Gasteiger partial charge in [-0.2, -0.15) is 0 Å². The topological polar surface area (TPSA) is 47.6 Å². The largest absolute Gasteiger partial charge is 0.573 e. The van der Waals surface area contributed by atoms with Gasteiger partial charge in [-0.1, -0.05) is 29.3 Å². The Bertz CT molecular complexity index is 1100. The molecule has 3 aromatic carbocycles. The Labute approximate surface area is 192 Å². The van der Waals surface area contributed by atoms with Crippen LogP contribution in [-0.4, -0.2) is 12.1 Å². The number of carbonyl (C=O) groups is 1. The second kappa shape index (κ2) is 10.4. The normalized spacial score (nSPS) is 11.4. The molecule has 0 heterocycles. The van der Waals surface area contributed by atoms with Gasteiger partial charge in [0.05, 0.1) is 0 Å². The predicted molar refractivity (Wildman–Crippen MR) is 117 cm³/mol. The SMILES string of the molecule is O=C(C=CNc1ccc(OC(F)(F)F)cc1)c1ccc(OCc2ccc(Cl)cc2Cl)cc1. The molecule has 0 saturated carbocycles. The average Bonchev–Trinajstić information content (AvgIpc) is 2.73. The van der Waals surface area contributed by atoms with Crippen LogP contribution in [0, 0.1) is 0 Å². The predicted octanol–water partition coefficient (Wildman–Crippen LogP) is 7.28. The fourth-order valence-electron chi connectivity index (χ4n) is 2.58. The quantitative estimate of drug-likeness (QED) is 0.271. The summed E-state index contributed by atoms with van der Waals surface area (Å²) >= 11 is 12.0. The van der Waals surface area contributed by atoms with Gasteiger partial charge >= 0.3 is 6.36 Å². The van der Waals surface area contributed by atoms with Crippen LogP contribution in [0.3, 0.4) is 0 Å². The van der Waals surface area contributed by atoms with Gasteiger partial charge in [0.25, 0.3) is 0 Å². The van der Waals surface area contributed by atoms with Crippen molar-refractivity contribution in [2.75, 3.05) is 5.32 Å². The van der Waals surface area contributed by atoms with E-state index in [-0.39, 0.29) is 18.1 Å². The first-order valence-corrected chi connectivity index (χ1v) is 9.95. The molecule has 0 aromatic heterocycles. The Morgan fingerprint density at radius 1 is 0.938 bits per heavy atom. The Hall–Kier alpha value is -3.16. The third-order valence-electron chi connectivity index (χ3n) is 4.12. The molecule has 166 valence electrons. The smallest absolute Gasteiger partial charge is 0.489 e. The third kappa shape index (κ3) is 7.21. The zero-order valence-corrected chi connectivity index (χ0v) is 17.8. The van der Waals surface area contributed by atoms with Crippen molar-refractivity contribution in [3.05, 3.63) is 100 Å². The van der Waals surface area contributed by atoms with E-state index in [1.54, 1.807) is 42.5 Å². The molecule has 0 aliphatic carbocycles. The van der Waals surface area contributed by atoms with Crippen LogP contribution < -0.4 is 14.8 Å². The van der Waals surface area contributed by atoms with Crippen molar-refractivity contribution in [1.29, 1.82) is 0 Å². The molecule has 3 rings (SSSR count). The minimum atomic E-state index is -4.75. The molecular weight excluding hydrogens is 466 g/mol. The van der Waals surface area contributed by atoms with Crippen LogP contribution in [0.1, 0.15) is 15.9 Å². The molecule has 4 nitrogen and oxygen atoms in total. The molecule has 0 saturated heterocycles. The van der Waals surface area contributed by atoms with Gasteiger partial charge in [-0.3, -0.25) is 4.79 Å². The maximum Gasteiger partial charge on any atom is 0.573 e. The van der Waals surface area contributed by atoms with Crippen LogP contribution in [-0.2, 0) is 6.61 Å². The Morgan fingerprint density at radius 2 is 1.59 bits per heavy atom. The highest BCUT2D eigenvalue weighted by molar-refractivity contribution is 6.35. The van der Waals surface area contributed by atoms with Gasteiger partial charge in [0.1, 0.15) is 18.1 Å². The number of hydrogen-bond acceptors (Lipinski definition) is 4. The van der Waals surface area contributed by atoms with E-state index in [0.717, 1.165) is 5.56 Å². The number of ketones is 1. The lowest BCUT2D eigenvalue weighted by atomic mass is 10.1. The summed E-state index contributed by atoms with van der Waals surface area (Å²) in [6.07, 6.45) is -2.04. The Morgan fingerprint density at radius 3 is 2.22 bits per heavy atom. The van der Waals surface area contributed by atoms with Crippen LogP contribution in [0.25, 0.3) is 0 Å². The van der Waals surface area contributed by atoms with Crippen LogP contribution in [0.4, 0.5) is 18.9 Å². The van der Waals surface area contributed by atoms with Crippen molar-refractivity contribution < 1.29 is 27.4 Å². The van der Waals surface area contributed by atoms with E-state index in [9.17, 15) is 18.0 Å². The highest BCUT2D eigenvalue weighted by Gasteiger charge is 2.30. The summed E-state index contributed by atoms with van der Waals surface area (Å²) in [7, 11) is 0. The summed E-state index contributed by atoms with van der Waals surface area (Å²) in [5.41, 5.74) is 1.71. The molecule has 0 atom stereocenters. The summed E-state index contributed by atoms with van der Waals surface area (Å²) in [4.78, 5) is 12.3. The van der Waals surface area contributed by atoms with E-state index in [2.05, 4.69) is 10.1 Å². The second-order valence-corrected chi connectivity index (χ2v) is 7.31. The molecule has 0 radical (unpaired) electrons. The summed E-state index contributed by atoms with van der Waals surface area (Å²) in [6.45, 7) is 0.250. The first-order chi connectivity index (χ1) is 15.2. The standard InChI is InChI=1S/C23H16Cl2F3NO3/c24-17-4-1-16(21(25)13-17)14-31-19-7-2-15(3-8-19)22(30)11-12-29-18-5-9-20(10-6-18)32-23(26,27)28/h1-13,29H,14H2. The van der Waals surface area contributed by atoms with Crippen LogP contribution in [0.15, 0.2) is 79.0 Å². The number of halogens is 5. The number of ether oxygens (including phenoxy) is 2. The monoisotopic (exact) mass is 481 g/mol. The minimum absolute atomic E-state index is 0.250. The zero-order valence-electron chi connectivity index (χ0n) is 16.3. The van der Waals surface area contributed by atoms with E-state index < -0.39 is 6.36 Å². The van der Waals surface area contributed by atoms with Gasteiger partial charge < -0.3 is 14.8 Å². The van der Waals surface area contributed by atoms with Crippen molar-refractivity contribution >= 4 is 34.7 Å². The van der Waals surface area contributed by atoms with Crippen molar-refractivity contribution in [1.82, 2.24) is 0 Å². The molecule has 0 amide bonds. The number of nitrogens with one attached hydrogen (secondary N) is 1. The van der Waals surface area contributed by atoms with E-state index in [4.69, 9.17) is 27.9 Å². The Kier molecular flexibility index (Phi) is 7.66. The zero-order chi connectivity index (χ0) is 23.1. The summed E-state index contributed by atoms with van der Waals surface area (Å²) in [5, 5.41) is 3.85. The Balaban J connectivity index is 1.51. The molecule has 0 spiro atoms. The van der Waals surface area contributed by atoms with Crippen LogP contribution in [0.5, 0.6) is 11.5 Å². The van der Waals surface area contributed by atoms with Crippen molar-refractivity contribution in [2.45, 2.75) is 13.0 Å². The van der Waals surface area contributed by atoms with Crippen LogP contribution in [0.2, 0.25) is 10.0 Å². The number of allylic oxidation sites excluding steroid dienone is 1. The maximum absolute atomic E-state index is 12.3. The first kappa shape index (κ1) is 23.5. The molecular formula is C23H16Cl2F3NO3. The van der Waals surface area contributed by atoms with E-state index >= 15 is 0 Å². The van der Waals surface area contributed by atoms with Gasteiger partial charge in [0.15, 0.2) is 5.78 Å². The fraction of sp³-hybridized carbons (Fsp3) is 0.0870. The number of hydrogen-bond donors (Lipinski definition) is 1. The maximum atomic E-state index is 12.3. The summed E-state index contributed by atoms with van der Waals surface area (Å²) in [5.74, 6) is -0.0265. The van der Waals surface area contributed by atoms with Crippen molar-refractivity contribution in [2.24, 2.45) is 0 Å². The van der Waals surface area contributed by atoms with Crippen molar-refractivity contribution in [3.63, 3.8) is 0 Å². The molecule has 9 heteroatoms. The third-order valence-corrected chi connectivity index (χ3v) is 4.71. The number of benzene rings is 3. The fourth-order valence-corrected chi connectivity index (χ4v) is 3.04. The van der Waals surface area contributed by atoms with Gasteiger partial charge in [-0.25, -0.2) is 0 Å². The summed E-state index contributed by atoms with van der Waals surface area (Å²) < 4.78 is 46.0. The highest BCUT2D eigenvalue weighted by atomic mass is 35.5. The molecule has 0 aliphatic rings. The van der Waals surface area contributed by atoms with Gasteiger partial charge in [0.2, 0.25) is 0 Å². The number of anilines is 1. The molecule has 0 aliphatic heterocycles. The first-order valence-electron chi connectivity index (χ1n) is 9.20. The number of rotatable bonds is 8. The van der Waals surface area contributed by atoms with Gasteiger partial charge in [-0.05, 0) is 60.7 Å². The molecule has 0 unspecified atom stereocenters. The molecule has 1 N–H and O–H groups in total. The second-order valence-electron chi connectivity index (χ2n) is 6.46. The lowest BCUT2D eigenvalue weighted by Gasteiger charge is -2.09. The molecule has 3 aromatic rings. The molecule has 0 fully saturated rings. The lowest BCUT2D eigenvalue weighted by molar-refractivity contribution is -0.274. The highest BCUT2D eigenvalue weighted by Crippen LogP contribution is 2.24. The molecule has 32 heavy (non-hydrogen) atoms. The van der Waals surface area contributed by atoms with E-state index in [1.807, 2.05) is 0 Å². The summed E-state index contributed by atoms with van der Waals surface area (Å²) in [6, 6.07) is 16.8. The average molecular weight is 482 g/mol. The number of carbonyl (C=O) groups excluding carboxylic acids is 1. The van der Waals surface area contributed by atoms with E-state index in [0.29, 0.717) is 27.0 Å². The van der Waals surface area contributed by atoms with Gasteiger partial charge in [0, 0.05) is 39.1 Å². The van der Waals surface area contributed by atoms with E-state index in [1.165, 1.54) is 36.5 Å².